The molecule has 1 N–H and O–H groups in total. The van der Waals surface area contributed by atoms with E-state index < -0.39 is 17.3 Å². The highest BCUT2D eigenvalue weighted by atomic mass is 19.1. The van der Waals surface area contributed by atoms with Crippen molar-refractivity contribution in [3.8, 4) is 5.88 Å². The number of amides is 2. The van der Waals surface area contributed by atoms with Crippen LogP contribution in [0.25, 0.3) is 16.6 Å². The zero-order chi connectivity index (χ0) is 30.0. The van der Waals surface area contributed by atoms with Gasteiger partial charge in [-0.3, -0.25) is 4.79 Å². The summed E-state index contributed by atoms with van der Waals surface area (Å²) in [6, 6.07) is 8.45. The number of halogens is 1. The molecule has 1 fully saturated rings. The topological polar surface area (TPSA) is 111 Å². The first-order valence-electron chi connectivity index (χ1n) is 13.8. The molecule has 0 aliphatic carbocycles. The molecule has 42 heavy (non-hydrogen) atoms. The largest absolute Gasteiger partial charge is 0.475 e. The first kappa shape index (κ1) is 29.1. The number of pyridine rings is 2. The van der Waals surface area contributed by atoms with Gasteiger partial charge in [0, 0.05) is 68.9 Å². The lowest BCUT2D eigenvalue weighted by atomic mass is 10.1. The van der Waals surface area contributed by atoms with Crippen LogP contribution < -0.4 is 15.0 Å². The van der Waals surface area contributed by atoms with Gasteiger partial charge in [0.25, 0.3) is 5.91 Å². The van der Waals surface area contributed by atoms with Gasteiger partial charge < -0.3 is 33.7 Å². The number of nitrogens with one attached hydrogen (secondary N) is 1. The van der Waals surface area contributed by atoms with Crippen LogP contribution in [0.2, 0.25) is 0 Å². The van der Waals surface area contributed by atoms with Crippen LogP contribution in [0.4, 0.5) is 20.6 Å². The van der Waals surface area contributed by atoms with Crippen LogP contribution >= 0.6 is 0 Å². The highest BCUT2D eigenvalue weighted by Gasteiger charge is 2.27. The number of anilines is 2. The number of aryl methyl sites for hydroxylation is 1. The summed E-state index contributed by atoms with van der Waals surface area (Å²) >= 11 is 0. The fourth-order valence-corrected chi connectivity index (χ4v) is 4.86. The van der Waals surface area contributed by atoms with Crippen molar-refractivity contribution in [2.45, 2.75) is 33.3 Å². The van der Waals surface area contributed by atoms with Crippen molar-refractivity contribution < 1.29 is 28.2 Å². The van der Waals surface area contributed by atoms with Crippen molar-refractivity contribution in [2.75, 3.05) is 56.7 Å². The highest BCUT2D eigenvalue weighted by molar-refractivity contribution is 6.14. The van der Waals surface area contributed by atoms with E-state index in [4.69, 9.17) is 14.2 Å². The summed E-state index contributed by atoms with van der Waals surface area (Å²) in [6.07, 6.45) is 2.97. The summed E-state index contributed by atoms with van der Waals surface area (Å²) in [5, 5.41) is 3.55. The number of hydrogen-bond acceptors (Lipinski definition) is 8. The number of carbonyl (C=O) groups is 2. The van der Waals surface area contributed by atoms with Crippen LogP contribution in [0.5, 0.6) is 5.88 Å². The molecule has 11 nitrogen and oxygen atoms in total. The molecule has 3 aromatic heterocycles. The summed E-state index contributed by atoms with van der Waals surface area (Å²) in [5.41, 5.74) is 2.19. The number of piperazine rings is 1. The van der Waals surface area contributed by atoms with Crippen LogP contribution in [-0.2, 0) is 9.47 Å². The maximum Gasteiger partial charge on any atom is 0.410 e. The van der Waals surface area contributed by atoms with Crippen molar-refractivity contribution in [1.29, 1.82) is 0 Å². The molecule has 222 valence electrons. The van der Waals surface area contributed by atoms with E-state index in [1.165, 1.54) is 6.07 Å². The van der Waals surface area contributed by atoms with Gasteiger partial charge in [0.15, 0.2) is 11.5 Å². The fraction of sp³-hybridized carbons (Fsp3) is 0.400. The molecule has 0 spiro atoms. The summed E-state index contributed by atoms with van der Waals surface area (Å²) in [7, 11) is 1.58. The third-order valence-electron chi connectivity index (χ3n) is 6.75. The number of nitrogens with zero attached hydrogens (tertiary/aromatic N) is 5. The zero-order valence-electron chi connectivity index (χ0n) is 24.4. The van der Waals surface area contributed by atoms with Crippen LogP contribution in [0, 0.1) is 12.7 Å². The zero-order valence-corrected chi connectivity index (χ0v) is 24.4. The molecule has 0 unspecified atom stereocenters. The van der Waals surface area contributed by atoms with Gasteiger partial charge in [0.05, 0.1) is 29.1 Å². The second-order valence-electron chi connectivity index (χ2n) is 11.1. The van der Waals surface area contributed by atoms with Crippen LogP contribution in [0.15, 0.2) is 42.7 Å². The first-order valence-corrected chi connectivity index (χ1v) is 13.8. The standard InChI is InChI=1S/C30H35FN6O5/c1-19-17-37-18-20(16-23(31)27(37)32-19)33-28(38)22-6-8-24(21-7-9-25(34-26(21)22)41-15-14-40-5)35-10-12-36(13-11-35)29(39)42-30(2,3)4/h6-9,16-18H,10-15H2,1-5H3,(H,33,38). The molecular formula is C30H35FN6O5. The fourth-order valence-electron chi connectivity index (χ4n) is 4.86. The Labute approximate surface area is 243 Å². The van der Waals surface area contributed by atoms with E-state index >= 15 is 0 Å². The lowest BCUT2D eigenvalue weighted by molar-refractivity contribution is 0.0240. The molecule has 1 aromatic carbocycles. The highest BCUT2D eigenvalue weighted by Crippen LogP contribution is 2.32. The van der Waals surface area contributed by atoms with Gasteiger partial charge in [-0.2, -0.15) is 0 Å². The first-order chi connectivity index (χ1) is 20.0. The summed E-state index contributed by atoms with van der Waals surface area (Å²) < 4.78 is 32.6. The molecule has 0 bridgehead atoms. The minimum absolute atomic E-state index is 0.187. The van der Waals surface area contributed by atoms with Gasteiger partial charge in [0.2, 0.25) is 5.88 Å². The number of benzene rings is 1. The van der Waals surface area contributed by atoms with E-state index in [1.807, 2.05) is 32.9 Å². The Balaban J connectivity index is 1.43. The van der Waals surface area contributed by atoms with E-state index in [2.05, 4.69) is 20.2 Å². The second kappa shape index (κ2) is 11.8. The molecule has 0 saturated carbocycles. The number of carbonyl (C=O) groups excluding carboxylic acids is 2. The van der Waals surface area contributed by atoms with Gasteiger partial charge in [-0.1, -0.05) is 0 Å². The Morgan fingerprint density at radius 3 is 2.50 bits per heavy atom. The summed E-state index contributed by atoms with van der Waals surface area (Å²) in [5.74, 6) is -0.640. The van der Waals surface area contributed by atoms with Gasteiger partial charge in [-0.25, -0.2) is 19.2 Å². The Hall–Kier alpha value is -4.45. The molecule has 1 aliphatic rings. The Morgan fingerprint density at radius 2 is 1.79 bits per heavy atom. The van der Waals surface area contributed by atoms with Gasteiger partial charge in [-0.15, -0.1) is 0 Å². The number of aromatic nitrogens is 3. The minimum atomic E-state index is -0.565. The van der Waals surface area contributed by atoms with E-state index in [1.54, 1.807) is 47.9 Å². The molecule has 1 saturated heterocycles. The molecule has 5 rings (SSSR count). The molecular weight excluding hydrogens is 543 g/mol. The Morgan fingerprint density at radius 1 is 1.02 bits per heavy atom. The lowest BCUT2D eigenvalue weighted by Gasteiger charge is -2.37. The van der Waals surface area contributed by atoms with Crippen molar-refractivity contribution in [2.24, 2.45) is 0 Å². The quantitative estimate of drug-likeness (QED) is 0.315. The SMILES string of the molecule is COCCOc1ccc2c(N3CCN(C(=O)OC(C)(C)C)CC3)ccc(C(=O)Nc3cc(F)c4nc(C)cn4c3)c2n1. The molecule has 0 atom stereocenters. The Bertz CT molecular complexity index is 1620. The van der Waals surface area contributed by atoms with E-state index in [0.717, 1.165) is 11.1 Å². The summed E-state index contributed by atoms with van der Waals surface area (Å²) in [6.45, 7) is 10.1. The maximum atomic E-state index is 14.7. The molecule has 4 heterocycles. The molecule has 0 radical (unpaired) electrons. The van der Waals surface area contributed by atoms with Crippen LogP contribution in [0.1, 0.15) is 36.8 Å². The third kappa shape index (κ3) is 6.38. The number of fused-ring (bicyclic) bond motifs is 2. The average Bonchev–Trinajstić information content (AvgIpc) is 3.32. The summed E-state index contributed by atoms with van der Waals surface area (Å²) in [4.78, 5) is 38.8. The van der Waals surface area contributed by atoms with Crippen molar-refractivity contribution in [3.05, 3.63) is 59.8 Å². The number of imidazole rings is 1. The second-order valence-corrected chi connectivity index (χ2v) is 11.1. The number of methoxy groups -OCH3 is 1. The smallest absolute Gasteiger partial charge is 0.410 e. The molecule has 2 amide bonds. The normalized spacial score (nSPS) is 14.0. The van der Waals surface area contributed by atoms with E-state index in [0.29, 0.717) is 62.0 Å². The third-order valence-corrected chi connectivity index (χ3v) is 6.75. The maximum absolute atomic E-state index is 14.7. The number of ether oxygens (including phenoxy) is 3. The predicted molar refractivity (Wildman–Crippen MR) is 157 cm³/mol. The molecule has 12 heteroatoms. The van der Waals surface area contributed by atoms with Crippen molar-refractivity contribution in [1.82, 2.24) is 19.3 Å². The van der Waals surface area contributed by atoms with Gasteiger partial charge in [-0.05, 0) is 45.9 Å². The van der Waals surface area contributed by atoms with Crippen molar-refractivity contribution >= 4 is 39.9 Å². The van der Waals surface area contributed by atoms with E-state index in [-0.39, 0.29) is 17.4 Å². The van der Waals surface area contributed by atoms with Crippen molar-refractivity contribution in [3.63, 3.8) is 0 Å². The predicted octanol–water partition coefficient (Wildman–Crippen LogP) is 4.66. The number of rotatable bonds is 7. The lowest BCUT2D eigenvalue weighted by Crippen LogP contribution is -2.50. The van der Waals surface area contributed by atoms with Crippen LogP contribution in [0.3, 0.4) is 0 Å². The average molecular weight is 579 g/mol. The monoisotopic (exact) mass is 578 g/mol. The van der Waals surface area contributed by atoms with Crippen LogP contribution in [-0.4, -0.2) is 83.4 Å². The van der Waals surface area contributed by atoms with Gasteiger partial charge >= 0.3 is 6.09 Å². The molecule has 4 aromatic rings. The number of hydrogen-bond donors (Lipinski definition) is 1. The Kier molecular flexibility index (Phi) is 8.17. The van der Waals surface area contributed by atoms with Gasteiger partial charge in [0.1, 0.15) is 12.2 Å². The molecule has 1 aliphatic heterocycles. The minimum Gasteiger partial charge on any atom is -0.475 e. The van der Waals surface area contributed by atoms with E-state index in [9.17, 15) is 14.0 Å².